The summed E-state index contributed by atoms with van der Waals surface area (Å²) in [5.74, 6) is -0.298. The molecule has 1 aromatic carbocycles. The lowest BCUT2D eigenvalue weighted by Gasteiger charge is -2.13. The van der Waals surface area contributed by atoms with Gasteiger partial charge >= 0.3 is 0 Å². The van der Waals surface area contributed by atoms with Gasteiger partial charge in [0.1, 0.15) is 0 Å². The average molecular weight is 298 g/mol. The number of carbonyl (C=O) groups excluding carboxylic acids is 1. The van der Waals surface area contributed by atoms with Gasteiger partial charge in [-0.25, -0.2) is 13.6 Å². The molecule has 2 rings (SSSR count). The fourth-order valence-electron chi connectivity index (χ4n) is 1.86. The molecule has 0 saturated heterocycles. The second-order valence-electron chi connectivity index (χ2n) is 5.36. The third-order valence-corrected chi connectivity index (χ3v) is 4.18. The predicted molar refractivity (Wildman–Crippen MR) is 73.6 cm³/mol. The van der Waals surface area contributed by atoms with Gasteiger partial charge in [0.15, 0.2) is 0 Å². The summed E-state index contributed by atoms with van der Waals surface area (Å²) in [6.07, 6.45) is 1.86. The summed E-state index contributed by atoms with van der Waals surface area (Å²) < 4.78 is 27.9. The van der Waals surface area contributed by atoms with Gasteiger partial charge in [-0.15, -0.1) is 0 Å². The molecule has 0 bridgehead atoms. The molecule has 0 spiro atoms. The number of nitrogens with two attached hydrogens (primary N) is 1. The quantitative estimate of drug-likeness (QED) is 0.838. The molecule has 1 aliphatic carbocycles. The number of amides is 1. The van der Waals surface area contributed by atoms with Gasteiger partial charge in [0, 0.05) is 18.2 Å². The Hall–Kier alpha value is -1.44. The van der Waals surface area contributed by atoms with Crippen LogP contribution in [0.5, 0.6) is 0 Å². The Bertz CT molecular complexity index is 636. The van der Waals surface area contributed by atoms with E-state index in [4.69, 9.17) is 9.88 Å². The van der Waals surface area contributed by atoms with Crippen molar-refractivity contribution >= 4 is 15.9 Å². The predicted octanol–water partition coefficient (Wildman–Crippen LogP) is 0.763. The zero-order chi connectivity index (χ0) is 15.0. The number of primary sulfonamides is 1. The first-order chi connectivity index (χ1) is 9.23. The molecular weight excluding hydrogens is 280 g/mol. The number of ether oxygens (including phenoxy) is 1. The van der Waals surface area contributed by atoms with Crippen LogP contribution in [-0.4, -0.2) is 27.0 Å². The minimum Gasteiger partial charge on any atom is -0.380 e. The first-order valence-corrected chi connectivity index (χ1v) is 7.76. The summed E-state index contributed by atoms with van der Waals surface area (Å²) in [5.41, 5.74) is 0.692. The van der Waals surface area contributed by atoms with Crippen molar-refractivity contribution in [3.8, 4) is 0 Å². The van der Waals surface area contributed by atoms with Gasteiger partial charge < -0.3 is 10.1 Å². The molecule has 0 atom stereocenters. The molecule has 0 unspecified atom stereocenters. The number of nitrogens with one attached hydrogen (secondary N) is 1. The van der Waals surface area contributed by atoms with Crippen molar-refractivity contribution in [2.45, 2.75) is 36.8 Å². The number of hydrogen-bond acceptors (Lipinski definition) is 4. The number of carbonyl (C=O) groups is 1. The van der Waals surface area contributed by atoms with Crippen molar-refractivity contribution in [2.75, 3.05) is 7.11 Å². The van der Waals surface area contributed by atoms with Crippen LogP contribution in [0.15, 0.2) is 23.1 Å². The molecule has 1 saturated carbocycles. The molecule has 1 fully saturated rings. The van der Waals surface area contributed by atoms with Crippen molar-refractivity contribution in [2.24, 2.45) is 5.14 Å². The van der Waals surface area contributed by atoms with Crippen LogP contribution >= 0.6 is 0 Å². The topological polar surface area (TPSA) is 98.5 Å². The van der Waals surface area contributed by atoms with E-state index in [9.17, 15) is 13.2 Å². The van der Waals surface area contributed by atoms with E-state index in [1.807, 2.05) is 6.92 Å². The minimum absolute atomic E-state index is 0.0850. The van der Waals surface area contributed by atoms with Crippen LogP contribution in [0.3, 0.4) is 0 Å². The maximum Gasteiger partial charge on any atom is 0.251 e. The summed E-state index contributed by atoms with van der Waals surface area (Å²) in [6.45, 7) is 2.16. The summed E-state index contributed by atoms with van der Waals surface area (Å²) in [5, 5.41) is 8.01. The Morgan fingerprint density at radius 2 is 2.05 bits per heavy atom. The lowest BCUT2D eigenvalue weighted by molar-refractivity contribution is 0.0935. The molecule has 1 aliphatic rings. The second-order valence-corrected chi connectivity index (χ2v) is 6.92. The Kier molecular flexibility index (Phi) is 3.86. The third kappa shape index (κ3) is 3.56. The van der Waals surface area contributed by atoms with Crippen LogP contribution in [0, 0.1) is 0 Å². The van der Waals surface area contributed by atoms with Gasteiger partial charge in [-0.05, 0) is 43.5 Å². The summed E-state index contributed by atoms with van der Waals surface area (Å²) in [6, 6.07) is 4.31. The average Bonchev–Trinajstić information content (AvgIpc) is 3.05. The van der Waals surface area contributed by atoms with E-state index in [1.165, 1.54) is 19.2 Å². The normalized spacial score (nSPS) is 16.8. The lowest BCUT2D eigenvalue weighted by Crippen LogP contribution is -2.34. The van der Waals surface area contributed by atoms with Crippen molar-refractivity contribution < 1.29 is 17.9 Å². The molecule has 3 N–H and O–H groups in total. The zero-order valence-corrected chi connectivity index (χ0v) is 12.3. The highest BCUT2D eigenvalue weighted by Gasteiger charge is 2.38. The molecule has 6 nitrogen and oxygen atoms in total. The van der Waals surface area contributed by atoms with Crippen molar-refractivity contribution in [1.82, 2.24) is 5.32 Å². The van der Waals surface area contributed by atoms with Gasteiger partial charge in [0.25, 0.3) is 5.91 Å². The maximum absolute atomic E-state index is 12.1. The van der Waals surface area contributed by atoms with E-state index >= 15 is 0 Å². The van der Waals surface area contributed by atoms with Gasteiger partial charge in [-0.3, -0.25) is 4.79 Å². The van der Waals surface area contributed by atoms with Gasteiger partial charge in [0.2, 0.25) is 10.0 Å². The number of methoxy groups -OCH3 is 1. The highest BCUT2D eigenvalue weighted by atomic mass is 32.2. The lowest BCUT2D eigenvalue weighted by atomic mass is 10.1. The monoisotopic (exact) mass is 298 g/mol. The van der Waals surface area contributed by atoms with Gasteiger partial charge in [0.05, 0.1) is 11.5 Å². The summed E-state index contributed by atoms with van der Waals surface area (Å²) >= 11 is 0. The zero-order valence-electron chi connectivity index (χ0n) is 11.5. The smallest absolute Gasteiger partial charge is 0.251 e. The number of sulfonamides is 1. The fraction of sp³-hybridized carbons (Fsp3) is 0.462. The van der Waals surface area contributed by atoms with Crippen LogP contribution in [0.1, 0.15) is 35.7 Å². The third-order valence-electron chi connectivity index (χ3n) is 3.28. The van der Waals surface area contributed by atoms with Crippen LogP contribution in [0.25, 0.3) is 0 Å². The van der Waals surface area contributed by atoms with Crippen molar-refractivity contribution in [3.63, 3.8) is 0 Å². The van der Waals surface area contributed by atoms with E-state index in [2.05, 4.69) is 5.32 Å². The fourth-order valence-corrected chi connectivity index (χ4v) is 2.47. The van der Waals surface area contributed by atoms with Crippen LogP contribution in [0.2, 0.25) is 0 Å². The molecule has 1 aromatic rings. The molecule has 0 radical (unpaired) electrons. The van der Waals surface area contributed by atoms with Crippen LogP contribution in [0.4, 0.5) is 0 Å². The Balaban J connectivity index is 2.35. The van der Waals surface area contributed by atoms with Gasteiger partial charge in [-0.2, -0.15) is 0 Å². The number of benzene rings is 1. The largest absolute Gasteiger partial charge is 0.380 e. The molecule has 0 aliphatic heterocycles. The van der Waals surface area contributed by atoms with E-state index < -0.39 is 10.0 Å². The highest BCUT2D eigenvalue weighted by molar-refractivity contribution is 7.89. The van der Waals surface area contributed by atoms with E-state index in [0.29, 0.717) is 5.56 Å². The molecule has 1 amide bonds. The Morgan fingerprint density at radius 1 is 1.40 bits per heavy atom. The minimum atomic E-state index is -3.86. The highest BCUT2D eigenvalue weighted by Crippen LogP contribution is 2.34. The number of rotatable bonds is 5. The molecule has 0 aromatic heterocycles. The molecule has 7 heteroatoms. The van der Waals surface area contributed by atoms with E-state index in [-0.39, 0.29) is 28.5 Å². The molecule has 20 heavy (non-hydrogen) atoms. The van der Waals surface area contributed by atoms with Crippen molar-refractivity contribution in [3.05, 3.63) is 29.3 Å². The van der Waals surface area contributed by atoms with Crippen LogP contribution < -0.4 is 10.5 Å². The maximum atomic E-state index is 12.1. The Morgan fingerprint density at radius 3 is 2.55 bits per heavy atom. The second kappa shape index (κ2) is 5.16. The first kappa shape index (κ1) is 15.0. The summed E-state index contributed by atoms with van der Waals surface area (Å²) in [4.78, 5) is 12.1. The Labute approximate surface area is 118 Å². The van der Waals surface area contributed by atoms with Crippen LogP contribution in [-0.2, 0) is 21.4 Å². The summed E-state index contributed by atoms with van der Waals surface area (Å²) in [7, 11) is -2.37. The molecule has 0 heterocycles. The molecular formula is C13H18N2O4S. The SMILES string of the molecule is COCc1cc(C(=O)NC2(C)CC2)cc(S(N)(=O)=O)c1. The standard InChI is InChI=1S/C13H18N2O4S/c1-13(3-4-13)15-12(16)10-5-9(8-19-2)6-11(7-10)20(14,17)18/h5-7H,3-4,8H2,1-2H3,(H,15,16)(H2,14,17,18). The molecule has 110 valence electrons. The van der Waals surface area contributed by atoms with Crippen molar-refractivity contribution in [1.29, 1.82) is 0 Å². The van der Waals surface area contributed by atoms with Gasteiger partial charge in [-0.1, -0.05) is 0 Å². The van der Waals surface area contributed by atoms with E-state index in [0.717, 1.165) is 12.8 Å². The first-order valence-electron chi connectivity index (χ1n) is 6.22. The van der Waals surface area contributed by atoms with E-state index in [1.54, 1.807) is 6.07 Å². The number of hydrogen-bond donors (Lipinski definition) is 2.